The van der Waals surface area contributed by atoms with Gasteiger partial charge in [0.1, 0.15) is 0 Å². The molecule has 7 aromatic carbocycles. The number of hydrogen-bond donors (Lipinski definition) is 0. The van der Waals surface area contributed by atoms with E-state index >= 15 is 0 Å². The molecule has 0 amide bonds. The zero-order valence-corrected chi connectivity index (χ0v) is 26.1. The van der Waals surface area contributed by atoms with Crippen LogP contribution >= 0.6 is 11.3 Å². The minimum Gasteiger partial charge on any atom is -0.310 e. The first-order valence-electron chi connectivity index (χ1n) is 15.6. The van der Waals surface area contributed by atoms with Crippen LogP contribution in [0, 0.1) is 0 Å². The molecule has 0 fully saturated rings. The van der Waals surface area contributed by atoms with Crippen LogP contribution in [0.5, 0.6) is 0 Å². The van der Waals surface area contributed by atoms with Gasteiger partial charge >= 0.3 is 0 Å². The Morgan fingerprint density at radius 1 is 0.467 bits per heavy atom. The van der Waals surface area contributed by atoms with Crippen molar-refractivity contribution in [3.8, 4) is 22.3 Å². The summed E-state index contributed by atoms with van der Waals surface area (Å²) in [6.45, 7) is 4.72. The maximum Gasteiger partial charge on any atom is 0.0540 e. The average Bonchev–Trinajstić information content (AvgIpc) is 3.58. The molecular weight excluding hydrogens is 563 g/mol. The van der Waals surface area contributed by atoms with Crippen molar-refractivity contribution in [2.75, 3.05) is 4.90 Å². The second-order valence-corrected chi connectivity index (χ2v) is 13.6. The van der Waals surface area contributed by atoms with Crippen LogP contribution in [0.3, 0.4) is 0 Å². The number of benzene rings is 7. The molecule has 1 heterocycles. The lowest BCUT2D eigenvalue weighted by Gasteiger charge is -2.29. The van der Waals surface area contributed by atoms with Crippen LogP contribution in [-0.4, -0.2) is 0 Å². The van der Waals surface area contributed by atoms with Gasteiger partial charge < -0.3 is 4.90 Å². The van der Waals surface area contributed by atoms with E-state index in [-0.39, 0.29) is 5.41 Å². The Morgan fingerprint density at radius 3 is 2.04 bits per heavy atom. The Morgan fingerprint density at radius 2 is 1.13 bits per heavy atom. The molecule has 214 valence electrons. The monoisotopic (exact) mass is 593 g/mol. The predicted molar refractivity (Wildman–Crippen MR) is 195 cm³/mol. The van der Waals surface area contributed by atoms with Gasteiger partial charge in [-0.1, -0.05) is 129 Å². The molecule has 0 bridgehead atoms. The third-order valence-electron chi connectivity index (χ3n) is 9.66. The van der Waals surface area contributed by atoms with Crippen LogP contribution < -0.4 is 4.90 Å². The molecule has 0 radical (unpaired) electrons. The smallest absolute Gasteiger partial charge is 0.0540 e. The summed E-state index contributed by atoms with van der Waals surface area (Å²) in [5.74, 6) is 0. The highest BCUT2D eigenvalue weighted by Crippen LogP contribution is 2.51. The molecule has 0 saturated heterocycles. The minimum atomic E-state index is -0.0819. The second-order valence-electron chi connectivity index (χ2n) is 12.6. The first-order chi connectivity index (χ1) is 22.1. The first-order valence-corrected chi connectivity index (χ1v) is 16.4. The van der Waals surface area contributed by atoms with Crippen LogP contribution in [0.25, 0.3) is 53.2 Å². The molecule has 0 atom stereocenters. The molecule has 9 rings (SSSR count). The van der Waals surface area contributed by atoms with Crippen molar-refractivity contribution < 1.29 is 0 Å². The van der Waals surface area contributed by atoms with Crippen molar-refractivity contribution in [3.05, 3.63) is 163 Å². The van der Waals surface area contributed by atoms with Gasteiger partial charge in [-0.2, -0.15) is 0 Å². The van der Waals surface area contributed by atoms with Gasteiger partial charge in [-0.15, -0.1) is 11.3 Å². The van der Waals surface area contributed by atoms with Crippen molar-refractivity contribution in [1.82, 2.24) is 0 Å². The van der Waals surface area contributed by atoms with E-state index < -0.39 is 0 Å². The summed E-state index contributed by atoms with van der Waals surface area (Å²) >= 11 is 1.89. The summed E-state index contributed by atoms with van der Waals surface area (Å²) in [5, 5.41) is 5.21. The predicted octanol–water partition coefficient (Wildman–Crippen LogP) is 12.7. The summed E-state index contributed by atoms with van der Waals surface area (Å²) in [6, 6.07) is 55.8. The van der Waals surface area contributed by atoms with Crippen molar-refractivity contribution in [3.63, 3.8) is 0 Å². The van der Waals surface area contributed by atoms with E-state index in [1.807, 2.05) is 11.3 Å². The van der Waals surface area contributed by atoms with Gasteiger partial charge in [0.25, 0.3) is 0 Å². The van der Waals surface area contributed by atoms with Crippen molar-refractivity contribution in [2.45, 2.75) is 19.3 Å². The summed E-state index contributed by atoms with van der Waals surface area (Å²) < 4.78 is 2.68. The fraction of sp³-hybridized carbons (Fsp3) is 0.0698. The highest BCUT2D eigenvalue weighted by molar-refractivity contribution is 7.26. The zero-order chi connectivity index (χ0) is 30.1. The Bertz CT molecular complexity index is 2410. The highest BCUT2D eigenvalue weighted by atomic mass is 32.1. The third kappa shape index (κ3) is 3.99. The lowest BCUT2D eigenvalue weighted by molar-refractivity contribution is 0.660. The first kappa shape index (κ1) is 26.2. The van der Waals surface area contributed by atoms with E-state index in [0.717, 1.165) is 5.69 Å². The third-order valence-corrected chi connectivity index (χ3v) is 10.9. The molecule has 1 nitrogen and oxygen atoms in total. The molecule has 0 spiro atoms. The van der Waals surface area contributed by atoms with E-state index in [1.54, 1.807) is 0 Å². The van der Waals surface area contributed by atoms with Crippen LogP contribution in [0.15, 0.2) is 152 Å². The summed E-state index contributed by atoms with van der Waals surface area (Å²) in [5.41, 5.74) is 11.3. The Labute approximate surface area is 267 Å². The number of hydrogen-bond acceptors (Lipinski definition) is 2. The quantitative estimate of drug-likeness (QED) is 0.196. The van der Waals surface area contributed by atoms with Crippen LogP contribution in [-0.2, 0) is 5.41 Å². The Kier molecular flexibility index (Phi) is 5.78. The van der Waals surface area contributed by atoms with Crippen LogP contribution in [0.2, 0.25) is 0 Å². The summed E-state index contributed by atoms with van der Waals surface area (Å²) in [6.07, 6.45) is 0. The fourth-order valence-corrected chi connectivity index (χ4v) is 8.66. The van der Waals surface area contributed by atoms with E-state index in [1.165, 1.54) is 75.7 Å². The highest BCUT2D eigenvalue weighted by Gasteiger charge is 2.35. The lowest BCUT2D eigenvalue weighted by Crippen LogP contribution is -2.16. The lowest BCUT2D eigenvalue weighted by atomic mass is 9.82. The van der Waals surface area contributed by atoms with Gasteiger partial charge in [0.15, 0.2) is 0 Å². The number of thiophene rings is 1. The Balaban J connectivity index is 1.30. The van der Waals surface area contributed by atoms with Gasteiger partial charge in [0.05, 0.1) is 5.69 Å². The molecule has 0 unspecified atom stereocenters. The van der Waals surface area contributed by atoms with E-state index in [2.05, 4.69) is 170 Å². The number of fused-ring (bicyclic) bond motifs is 8. The van der Waals surface area contributed by atoms with Crippen LogP contribution in [0.4, 0.5) is 17.1 Å². The molecular formula is C43H31NS. The Hall–Kier alpha value is -5.18. The maximum atomic E-state index is 2.47. The number of anilines is 3. The summed E-state index contributed by atoms with van der Waals surface area (Å²) in [7, 11) is 0. The van der Waals surface area contributed by atoms with Gasteiger partial charge in [-0.05, 0) is 69.8 Å². The maximum absolute atomic E-state index is 2.47. The standard InChI is InChI=1S/C43H31NS/c1-43(2)38-19-8-6-16-32(38)33-23-22-31(27-39(33)43)44(30-15-10-14-29(26-30)28-12-4-3-5-13-28)40-20-11-18-36-34(40)24-25-37-35-17-7-9-21-41(35)45-42(36)37/h3-27H,1-2H3. The van der Waals surface area contributed by atoms with E-state index in [0.29, 0.717) is 0 Å². The van der Waals surface area contributed by atoms with Crippen molar-refractivity contribution in [1.29, 1.82) is 0 Å². The molecule has 0 saturated carbocycles. The molecule has 45 heavy (non-hydrogen) atoms. The number of rotatable bonds is 4. The van der Waals surface area contributed by atoms with Crippen molar-refractivity contribution in [2.24, 2.45) is 0 Å². The summed E-state index contributed by atoms with van der Waals surface area (Å²) in [4.78, 5) is 2.47. The normalized spacial score (nSPS) is 13.3. The molecule has 1 aliphatic carbocycles. The van der Waals surface area contributed by atoms with Gasteiger partial charge in [0, 0.05) is 47.7 Å². The van der Waals surface area contributed by atoms with E-state index in [4.69, 9.17) is 0 Å². The number of nitrogens with zero attached hydrogens (tertiary/aromatic N) is 1. The molecule has 8 aromatic rings. The molecule has 1 aliphatic rings. The molecule has 0 aliphatic heterocycles. The fourth-order valence-electron chi connectivity index (χ4n) is 7.43. The zero-order valence-electron chi connectivity index (χ0n) is 25.3. The van der Waals surface area contributed by atoms with Gasteiger partial charge in [-0.25, -0.2) is 0 Å². The van der Waals surface area contributed by atoms with Crippen LogP contribution in [0.1, 0.15) is 25.0 Å². The minimum absolute atomic E-state index is 0.0819. The average molecular weight is 594 g/mol. The van der Waals surface area contributed by atoms with E-state index in [9.17, 15) is 0 Å². The van der Waals surface area contributed by atoms with Crippen molar-refractivity contribution >= 4 is 59.3 Å². The van der Waals surface area contributed by atoms with Gasteiger partial charge in [-0.3, -0.25) is 0 Å². The topological polar surface area (TPSA) is 3.24 Å². The SMILES string of the molecule is CC1(C)c2ccccc2-c2ccc(N(c3cccc(-c4ccccc4)c3)c3cccc4c3ccc3c5ccccc5sc43)cc21. The molecule has 0 N–H and O–H groups in total. The second kappa shape index (κ2) is 9.92. The largest absolute Gasteiger partial charge is 0.310 e. The van der Waals surface area contributed by atoms with Gasteiger partial charge in [0.2, 0.25) is 0 Å². The molecule has 1 aromatic heterocycles. The molecule has 2 heteroatoms.